The van der Waals surface area contributed by atoms with E-state index in [1.165, 1.54) is 29.8 Å². The van der Waals surface area contributed by atoms with Gasteiger partial charge >= 0.3 is 0 Å². The van der Waals surface area contributed by atoms with E-state index in [0.29, 0.717) is 21.9 Å². The molecule has 4 aromatic rings. The van der Waals surface area contributed by atoms with Crippen molar-refractivity contribution in [3.63, 3.8) is 0 Å². The Bertz CT molecular complexity index is 1330. The lowest BCUT2D eigenvalue weighted by molar-refractivity contribution is -0.385. The number of nitrogens with zero attached hydrogens (tertiary/aromatic N) is 4. The summed E-state index contributed by atoms with van der Waals surface area (Å²) in [6.07, 6.45) is 3.81. The van der Waals surface area contributed by atoms with E-state index in [4.69, 9.17) is 9.72 Å². The lowest BCUT2D eigenvalue weighted by Gasteiger charge is -2.11. The predicted octanol–water partition coefficient (Wildman–Crippen LogP) is 5.47. The van der Waals surface area contributed by atoms with Crippen LogP contribution in [0.15, 0.2) is 53.1 Å². The highest BCUT2D eigenvalue weighted by Crippen LogP contribution is 2.39. The molecule has 3 heterocycles. The Morgan fingerprint density at radius 3 is 2.90 bits per heavy atom. The number of nitro groups is 1. The van der Waals surface area contributed by atoms with Crippen LogP contribution in [-0.2, 0) is 13.0 Å². The molecule has 2 aromatic heterocycles. The molecule has 0 amide bonds. The van der Waals surface area contributed by atoms with Gasteiger partial charge in [0.05, 0.1) is 27.9 Å². The third-order valence-corrected chi connectivity index (χ3v) is 6.13. The molecule has 0 fully saturated rings. The quantitative estimate of drug-likeness (QED) is 0.301. The number of rotatable bonds is 5. The fraction of sp³-hybridized carbons (Fsp3) is 0.182. The molecule has 0 saturated heterocycles. The van der Waals surface area contributed by atoms with Gasteiger partial charge in [-0.2, -0.15) is 0 Å². The summed E-state index contributed by atoms with van der Waals surface area (Å²) in [6, 6.07) is 13.2. The zero-order chi connectivity index (χ0) is 21.5. The molecule has 0 saturated carbocycles. The number of ether oxygens (including phenoxy) is 1. The fourth-order valence-electron chi connectivity index (χ4n) is 4.19. The van der Waals surface area contributed by atoms with Crippen LogP contribution in [0.25, 0.3) is 22.2 Å². The van der Waals surface area contributed by atoms with Crippen LogP contribution in [0.5, 0.6) is 5.75 Å². The van der Waals surface area contributed by atoms with Crippen LogP contribution >= 0.6 is 15.9 Å². The molecule has 0 atom stereocenters. The first-order valence-corrected chi connectivity index (χ1v) is 10.6. The summed E-state index contributed by atoms with van der Waals surface area (Å²) >= 11 is 3.21. The number of aromatic nitrogens is 3. The standard InChI is InChI=1S/C22H18BrN5O3/c1-31-20-11-14(23)19(28(29)30)12-16(20)26-22-24-9-8-15(25-22)21-13-5-2-3-6-17(13)27-10-4-7-18(21)27/h2-3,5-6,8-9,11-12H,4,7,10H2,1H3,(H,24,25,26). The zero-order valence-corrected chi connectivity index (χ0v) is 18.2. The number of nitro benzene ring substituents is 1. The summed E-state index contributed by atoms with van der Waals surface area (Å²) in [5, 5.41) is 15.6. The van der Waals surface area contributed by atoms with Gasteiger partial charge in [-0.15, -0.1) is 0 Å². The van der Waals surface area contributed by atoms with Crippen LogP contribution in [0, 0.1) is 10.1 Å². The highest BCUT2D eigenvalue weighted by molar-refractivity contribution is 9.10. The molecule has 0 bridgehead atoms. The third kappa shape index (κ3) is 3.31. The maximum Gasteiger partial charge on any atom is 0.285 e. The van der Waals surface area contributed by atoms with Crippen LogP contribution in [0.2, 0.25) is 0 Å². The molecule has 2 aromatic carbocycles. The van der Waals surface area contributed by atoms with Gasteiger partial charge in [0.25, 0.3) is 5.69 Å². The van der Waals surface area contributed by atoms with E-state index in [-0.39, 0.29) is 5.69 Å². The number of halogens is 1. The highest BCUT2D eigenvalue weighted by atomic mass is 79.9. The zero-order valence-electron chi connectivity index (χ0n) is 16.6. The average molecular weight is 480 g/mol. The number of fused-ring (bicyclic) bond motifs is 3. The Labute approximate surface area is 186 Å². The van der Waals surface area contributed by atoms with Crippen LogP contribution in [-0.4, -0.2) is 26.6 Å². The van der Waals surface area contributed by atoms with Gasteiger partial charge in [-0.1, -0.05) is 18.2 Å². The van der Waals surface area contributed by atoms with Gasteiger partial charge in [-0.3, -0.25) is 10.1 Å². The molecule has 1 aliphatic rings. The SMILES string of the molecule is COc1cc(Br)c([N+](=O)[O-])cc1Nc1nccc(-c2c3n(c4ccccc24)CCC3)n1. The second-order valence-corrected chi connectivity index (χ2v) is 8.10. The molecule has 156 valence electrons. The van der Waals surface area contributed by atoms with Crippen LogP contribution in [0.3, 0.4) is 0 Å². The molecule has 1 N–H and O–H groups in total. The Hall–Kier alpha value is -3.46. The molecule has 9 heteroatoms. The van der Waals surface area contributed by atoms with Crippen molar-refractivity contribution in [2.45, 2.75) is 19.4 Å². The average Bonchev–Trinajstić information content (AvgIpc) is 3.35. The van der Waals surface area contributed by atoms with Gasteiger partial charge in [0.2, 0.25) is 5.95 Å². The fourth-order valence-corrected chi connectivity index (χ4v) is 4.66. The van der Waals surface area contributed by atoms with Gasteiger partial charge < -0.3 is 14.6 Å². The number of nitrogens with one attached hydrogen (secondary N) is 1. The van der Waals surface area contributed by atoms with Gasteiger partial charge in [0.1, 0.15) is 5.75 Å². The summed E-state index contributed by atoms with van der Waals surface area (Å²) < 4.78 is 8.08. The van der Waals surface area contributed by atoms with Gasteiger partial charge in [0, 0.05) is 47.0 Å². The summed E-state index contributed by atoms with van der Waals surface area (Å²) in [5.41, 5.74) is 4.77. The predicted molar refractivity (Wildman–Crippen MR) is 122 cm³/mol. The van der Waals surface area contributed by atoms with E-state index < -0.39 is 4.92 Å². The smallest absolute Gasteiger partial charge is 0.285 e. The molecular weight excluding hydrogens is 462 g/mol. The minimum atomic E-state index is -0.456. The number of aryl methyl sites for hydroxylation is 1. The molecule has 8 nitrogen and oxygen atoms in total. The first-order chi connectivity index (χ1) is 15.1. The topological polar surface area (TPSA) is 95.1 Å². The molecule has 31 heavy (non-hydrogen) atoms. The molecule has 0 spiro atoms. The highest BCUT2D eigenvalue weighted by Gasteiger charge is 2.23. The summed E-state index contributed by atoms with van der Waals surface area (Å²) in [7, 11) is 1.51. The van der Waals surface area contributed by atoms with Crippen molar-refractivity contribution in [3.05, 3.63) is 68.9 Å². The number of methoxy groups -OCH3 is 1. The number of hydrogen-bond donors (Lipinski definition) is 1. The van der Waals surface area contributed by atoms with E-state index in [0.717, 1.165) is 30.6 Å². The maximum absolute atomic E-state index is 11.3. The number of para-hydroxylation sites is 1. The Morgan fingerprint density at radius 2 is 2.10 bits per heavy atom. The van der Waals surface area contributed by atoms with Crippen molar-refractivity contribution in [2.24, 2.45) is 0 Å². The Kier molecular flexibility index (Phi) is 4.82. The van der Waals surface area contributed by atoms with Gasteiger partial charge in [0.15, 0.2) is 0 Å². The number of anilines is 2. The van der Waals surface area contributed by atoms with Crippen molar-refractivity contribution in [3.8, 4) is 17.0 Å². The Balaban J connectivity index is 1.59. The van der Waals surface area contributed by atoms with Gasteiger partial charge in [-0.25, -0.2) is 9.97 Å². The normalized spacial score (nSPS) is 12.7. The second kappa shape index (κ2) is 7.66. The lowest BCUT2D eigenvalue weighted by Crippen LogP contribution is -2.02. The van der Waals surface area contributed by atoms with Gasteiger partial charge in [-0.05, 0) is 40.9 Å². The first-order valence-electron chi connectivity index (χ1n) is 9.79. The Morgan fingerprint density at radius 1 is 1.26 bits per heavy atom. The lowest BCUT2D eigenvalue weighted by atomic mass is 10.1. The van der Waals surface area contributed by atoms with Crippen molar-refractivity contribution in [2.75, 3.05) is 12.4 Å². The monoisotopic (exact) mass is 479 g/mol. The van der Waals surface area contributed by atoms with Crippen LogP contribution < -0.4 is 10.1 Å². The van der Waals surface area contributed by atoms with Crippen LogP contribution in [0.4, 0.5) is 17.3 Å². The molecule has 5 rings (SSSR count). The minimum Gasteiger partial charge on any atom is -0.495 e. The molecule has 0 unspecified atom stereocenters. The largest absolute Gasteiger partial charge is 0.495 e. The third-order valence-electron chi connectivity index (χ3n) is 5.50. The summed E-state index contributed by atoms with van der Waals surface area (Å²) in [6.45, 7) is 1.01. The maximum atomic E-state index is 11.3. The van der Waals surface area contributed by atoms with E-state index >= 15 is 0 Å². The molecule has 1 aliphatic heterocycles. The van der Waals surface area contributed by atoms with E-state index in [9.17, 15) is 10.1 Å². The van der Waals surface area contributed by atoms with Crippen molar-refractivity contribution >= 4 is 44.2 Å². The van der Waals surface area contributed by atoms with E-state index in [1.54, 1.807) is 12.3 Å². The second-order valence-electron chi connectivity index (χ2n) is 7.25. The molecule has 0 radical (unpaired) electrons. The minimum absolute atomic E-state index is 0.0734. The number of hydrogen-bond acceptors (Lipinski definition) is 6. The molecular formula is C22H18BrN5O3. The van der Waals surface area contributed by atoms with E-state index in [1.807, 2.05) is 12.1 Å². The first kappa shape index (κ1) is 19.5. The van der Waals surface area contributed by atoms with Crippen molar-refractivity contribution < 1.29 is 9.66 Å². The van der Waals surface area contributed by atoms with Crippen molar-refractivity contribution in [1.82, 2.24) is 14.5 Å². The number of benzene rings is 2. The van der Waals surface area contributed by atoms with Crippen LogP contribution in [0.1, 0.15) is 12.1 Å². The summed E-state index contributed by atoms with van der Waals surface area (Å²) in [4.78, 5) is 19.9. The van der Waals surface area contributed by atoms with E-state index in [2.05, 4.69) is 49.0 Å². The van der Waals surface area contributed by atoms with Crippen molar-refractivity contribution in [1.29, 1.82) is 0 Å². The summed E-state index contributed by atoms with van der Waals surface area (Å²) in [5.74, 6) is 0.788. The molecule has 0 aliphatic carbocycles.